The molecule has 4 heteroatoms. The van der Waals surface area contributed by atoms with E-state index >= 15 is 0 Å². The molecule has 6 rings (SSSR count). The van der Waals surface area contributed by atoms with Gasteiger partial charge in [-0.15, -0.1) is 0 Å². The first-order valence-electron chi connectivity index (χ1n) is 15.8. The van der Waals surface area contributed by atoms with Crippen LogP contribution < -0.4 is 0 Å². The first kappa shape index (κ1) is 28.0. The van der Waals surface area contributed by atoms with Gasteiger partial charge in [0.1, 0.15) is 5.76 Å². The Hall–Kier alpha value is -2.10. The summed E-state index contributed by atoms with van der Waals surface area (Å²) in [6, 6.07) is 3.85. The molecule has 0 radical (unpaired) electrons. The van der Waals surface area contributed by atoms with Gasteiger partial charge in [0, 0.05) is 5.41 Å². The van der Waals surface area contributed by atoms with Gasteiger partial charge in [-0.2, -0.15) is 0 Å². The van der Waals surface area contributed by atoms with Crippen LogP contribution >= 0.6 is 0 Å². The molecule has 0 unspecified atom stereocenters. The third-order valence-corrected chi connectivity index (χ3v) is 14.1. The van der Waals surface area contributed by atoms with Gasteiger partial charge < -0.3 is 9.15 Å². The van der Waals surface area contributed by atoms with Gasteiger partial charge in [-0.25, -0.2) is 0 Å². The first-order chi connectivity index (χ1) is 18.8. The smallest absolute Gasteiger partial charge is 0.312 e. The molecule has 0 N–H and O–H groups in total. The Morgan fingerprint density at radius 3 is 2.40 bits per heavy atom. The fourth-order valence-corrected chi connectivity index (χ4v) is 12.2. The van der Waals surface area contributed by atoms with Crippen molar-refractivity contribution < 1.29 is 18.7 Å². The lowest BCUT2D eigenvalue weighted by Gasteiger charge is -2.72. The summed E-state index contributed by atoms with van der Waals surface area (Å²) in [4.78, 5) is 27.4. The van der Waals surface area contributed by atoms with Crippen LogP contribution in [0, 0.1) is 56.7 Å². The lowest BCUT2D eigenvalue weighted by Crippen LogP contribution is -2.67. The highest BCUT2D eigenvalue weighted by atomic mass is 16.5. The Bertz CT molecular complexity index is 1250. The molecule has 5 saturated carbocycles. The zero-order valence-corrected chi connectivity index (χ0v) is 25.9. The number of esters is 1. The molecule has 0 aliphatic heterocycles. The van der Waals surface area contributed by atoms with E-state index in [0.717, 1.165) is 62.7 Å². The van der Waals surface area contributed by atoms with Crippen LogP contribution in [0.2, 0.25) is 0 Å². The van der Waals surface area contributed by atoms with Crippen LogP contribution in [0.1, 0.15) is 105 Å². The predicted molar refractivity (Wildman–Crippen MR) is 158 cm³/mol. The van der Waals surface area contributed by atoms with Crippen LogP contribution in [0.25, 0.3) is 6.08 Å². The Morgan fingerprint density at radius 2 is 1.75 bits per heavy atom. The maximum absolute atomic E-state index is 13.9. The maximum Gasteiger partial charge on any atom is 0.312 e. The minimum absolute atomic E-state index is 0.0199. The average molecular weight is 547 g/mol. The van der Waals surface area contributed by atoms with E-state index in [2.05, 4.69) is 48.1 Å². The van der Waals surface area contributed by atoms with Crippen LogP contribution in [0.15, 0.2) is 40.5 Å². The topological polar surface area (TPSA) is 56.5 Å². The second-order valence-electron chi connectivity index (χ2n) is 15.7. The van der Waals surface area contributed by atoms with E-state index in [-0.39, 0.29) is 27.6 Å². The number of carbonyl (C=O) groups excluding carboxylic acids is 2. The lowest BCUT2D eigenvalue weighted by atomic mass is 9.32. The van der Waals surface area contributed by atoms with Crippen LogP contribution in [-0.4, -0.2) is 18.9 Å². The summed E-state index contributed by atoms with van der Waals surface area (Å²) < 4.78 is 11.2. The number of allylic oxidation sites excluding steroid dienone is 2. The molecule has 1 aromatic heterocycles. The van der Waals surface area contributed by atoms with Gasteiger partial charge in [-0.05, 0) is 134 Å². The molecule has 5 fully saturated rings. The number of ether oxygens (including phenoxy) is 1. The van der Waals surface area contributed by atoms with Gasteiger partial charge in [0.2, 0.25) is 0 Å². The molecule has 5 aliphatic rings. The minimum Gasteiger partial charge on any atom is -0.469 e. The molecule has 0 amide bonds. The molecule has 0 aromatic carbocycles. The highest BCUT2D eigenvalue weighted by molar-refractivity contribution is 6.04. The summed E-state index contributed by atoms with van der Waals surface area (Å²) in [6.07, 6.45) is 13.1. The van der Waals surface area contributed by atoms with Gasteiger partial charge in [0.05, 0.1) is 18.8 Å². The zero-order chi connectivity index (χ0) is 28.9. The molecule has 1 heterocycles. The Morgan fingerprint density at radius 1 is 1.00 bits per heavy atom. The van der Waals surface area contributed by atoms with Crippen molar-refractivity contribution in [2.45, 2.75) is 99.3 Å². The van der Waals surface area contributed by atoms with Crippen LogP contribution in [0.5, 0.6) is 0 Å². The Balaban J connectivity index is 1.42. The van der Waals surface area contributed by atoms with E-state index in [9.17, 15) is 9.59 Å². The molecule has 9 atom stereocenters. The second kappa shape index (κ2) is 8.95. The molecular weight excluding hydrogens is 496 g/mol. The Labute approximate surface area is 241 Å². The van der Waals surface area contributed by atoms with Gasteiger partial charge in [-0.1, -0.05) is 46.8 Å². The molecule has 0 spiro atoms. The number of fused-ring (bicyclic) bond motifs is 7. The number of hydrogen-bond acceptors (Lipinski definition) is 4. The summed E-state index contributed by atoms with van der Waals surface area (Å²) in [5.41, 5.74) is 1.75. The highest BCUT2D eigenvalue weighted by Gasteiger charge is 2.72. The largest absolute Gasteiger partial charge is 0.469 e. The summed E-state index contributed by atoms with van der Waals surface area (Å²) in [5.74, 6) is 3.19. The van der Waals surface area contributed by atoms with Crippen molar-refractivity contribution in [3.8, 4) is 0 Å². The van der Waals surface area contributed by atoms with E-state index in [4.69, 9.17) is 9.15 Å². The quantitative estimate of drug-likeness (QED) is 0.216. The second-order valence-corrected chi connectivity index (χ2v) is 15.7. The third kappa shape index (κ3) is 3.43. The Kier molecular flexibility index (Phi) is 6.27. The summed E-state index contributed by atoms with van der Waals surface area (Å²) >= 11 is 0. The van der Waals surface area contributed by atoms with Crippen molar-refractivity contribution in [3.05, 3.63) is 41.9 Å². The highest BCUT2D eigenvalue weighted by Crippen LogP contribution is 2.77. The van der Waals surface area contributed by atoms with E-state index in [1.165, 1.54) is 12.0 Å². The number of methoxy groups -OCH3 is 1. The average Bonchev–Trinajstić information content (AvgIpc) is 3.55. The minimum atomic E-state index is -0.395. The van der Waals surface area contributed by atoms with Crippen LogP contribution in [0.3, 0.4) is 0 Å². The van der Waals surface area contributed by atoms with Gasteiger partial charge >= 0.3 is 5.97 Å². The summed E-state index contributed by atoms with van der Waals surface area (Å²) in [7, 11) is 1.58. The molecule has 4 nitrogen and oxygen atoms in total. The number of ketones is 1. The zero-order valence-electron chi connectivity index (χ0n) is 25.9. The van der Waals surface area contributed by atoms with Gasteiger partial charge in [0.25, 0.3) is 0 Å². The molecule has 0 saturated heterocycles. The number of Topliss-reactive ketones (excluding diaryl/α,β-unsaturated/α-hetero) is 1. The van der Waals surface area contributed by atoms with Gasteiger partial charge in [-0.3, -0.25) is 9.59 Å². The predicted octanol–water partition coefficient (Wildman–Crippen LogP) is 8.67. The monoisotopic (exact) mass is 546 g/mol. The number of furan rings is 1. The van der Waals surface area contributed by atoms with Gasteiger partial charge in [0.15, 0.2) is 5.78 Å². The molecule has 0 bridgehead atoms. The first-order valence-corrected chi connectivity index (χ1v) is 15.8. The molecule has 218 valence electrons. The van der Waals surface area contributed by atoms with E-state index in [0.29, 0.717) is 35.4 Å². The number of rotatable bonds is 3. The lowest BCUT2D eigenvalue weighted by molar-refractivity contribution is -0.232. The van der Waals surface area contributed by atoms with Crippen molar-refractivity contribution >= 4 is 17.8 Å². The van der Waals surface area contributed by atoms with Crippen molar-refractivity contribution in [2.24, 2.45) is 56.7 Å². The maximum atomic E-state index is 13.9. The third-order valence-electron chi connectivity index (χ3n) is 14.1. The molecule has 1 aromatic rings. The van der Waals surface area contributed by atoms with E-state index in [1.807, 2.05) is 18.2 Å². The van der Waals surface area contributed by atoms with Crippen molar-refractivity contribution in [2.75, 3.05) is 7.11 Å². The van der Waals surface area contributed by atoms with E-state index in [1.54, 1.807) is 13.4 Å². The van der Waals surface area contributed by atoms with Crippen molar-refractivity contribution in [1.82, 2.24) is 0 Å². The normalized spacial score (nSPS) is 46.6. The SMILES string of the molecule is C=C(C)[C@H]1CC[C@@]2(C(=O)OC)CC[C@]3(C)[C@@H](CC[C@H]4[C@@]5(C)CC(=Cc6ccco6)C(=O)C(C)(C)[C@@H]5CC[C@]43C)[C@H]12. The van der Waals surface area contributed by atoms with E-state index < -0.39 is 5.41 Å². The molecular formula is C36H50O4. The summed E-state index contributed by atoms with van der Waals surface area (Å²) in [6.45, 7) is 18.7. The standard InChI is InChI=1S/C36H50O4/c1-22(2)25-13-16-36(31(38)39-8)18-17-34(6)26(29(25)36)11-12-28-33(5)21-23(20-24-10-9-19-40-24)30(37)32(3,4)27(33)14-15-35(28,34)7/h9-10,19-20,25-29H,1,11-18,21H2,2-8H3/t25-,26+,27+,28+,29+,33+,34-,35-,36-/m1/s1. The van der Waals surface area contributed by atoms with Crippen molar-refractivity contribution in [3.63, 3.8) is 0 Å². The summed E-state index contributed by atoms with van der Waals surface area (Å²) in [5, 5.41) is 0. The fourth-order valence-electron chi connectivity index (χ4n) is 12.2. The van der Waals surface area contributed by atoms with Crippen LogP contribution in [0.4, 0.5) is 0 Å². The molecule has 40 heavy (non-hydrogen) atoms. The van der Waals surface area contributed by atoms with Crippen LogP contribution in [-0.2, 0) is 14.3 Å². The molecule has 5 aliphatic carbocycles. The number of hydrogen-bond donors (Lipinski definition) is 0. The van der Waals surface area contributed by atoms with Crippen molar-refractivity contribution in [1.29, 1.82) is 0 Å². The fraction of sp³-hybridized carbons (Fsp3) is 0.722. The number of carbonyl (C=O) groups is 2.